The summed E-state index contributed by atoms with van der Waals surface area (Å²) in [7, 11) is 1.99. The van der Waals surface area contributed by atoms with Crippen LogP contribution in [0.4, 0.5) is 0 Å². The van der Waals surface area contributed by atoms with Crippen LogP contribution < -0.4 is 10.1 Å². The smallest absolute Gasteiger partial charge is 0.134 e. The van der Waals surface area contributed by atoms with Crippen molar-refractivity contribution in [3.05, 3.63) is 64.9 Å². The summed E-state index contributed by atoms with van der Waals surface area (Å²) >= 11 is 1.76. The van der Waals surface area contributed by atoms with E-state index in [1.165, 1.54) is 15.6 Å². The van der Waals surface area contributed by atoms with Gasteiger partial charge in [0.25, 0.3) is 0 Å². The molecular weight excluding hydrogens is 290 g/mol. The fourth-order valence-corrected chi connectivity index (χ4v) is 3.36. The molecule has 0 radical (unpaired) electrons. The van der Waals surface area contributed by atoms with E-state index < -0.39 is 0 Å². The van der Waals surface area contributed by atoms with E-state index in [0.29, 0.717) is 6.04 Å². The average molecular weight is 311 g/mol. The topological polar surface area (TPSA) is 21.3 Å². The highest BCUT2D eigenvalue weighted by molar-refractivity contribution is 7.10. The van der Waals surface area contributed by atoms with E-state index in [2.05, 4.69) is 72.2 Å². The van der Waals surface area contributed by atoms with E-state index >= 15 is 0 Å². The first-order chi connectivity index (χ1) is 10.8. The monoisotopic (exact) mass is 311 g/mol. The number of fused-ring (bicyclic) bond motifs is 1. The summed E-state index contributed by atoms with van der Waals surface area (Å²) in [6, 6.07) is 19.3. The maximum atomic E-state index is 6.42. The van der Waals surface area contributed by atoms with Gasteiger partial charge in [0.2, 0.25) is 0 Å². The summed E-state index contributed by atoms with van der Waals surface area (Å²) in [5, 5.41) is 7.80. The van der Waals surface area contributed by atoms with Crippen LogP contribution in [0.15, 0.2) is 60.0 Å². The molecule has 0 spiro atoms. The van der Waals surface area contributed by atoms with E-state index in [4.69, 9.17) is 4.74 Å². The SMILES string of the molecule is CNC(C)CC(Oc1cccc2ccccc12)c1cccs1. The number of thiophene rings is 1. The second-order valence-corrected chi connectivity index (χ2v) is 6.50. The van der Waals surface area contributed by atoms with Crippen LogP contribution in [0, 0.1) is 0 Å². The van der Waals surface area contributed by atoms with E-state index in [1.54, 1.807) is 11.3 Å². The summed E-state index contributed by atoms with van der Waals surface area (Å²) in [6.07, 6.45) is 1.02. The first-order valence-electron chi connectivity index (χ1n) is 7.63. The summed E-state index contributed by atoms with van der Waals surface area (Å²) in [6.45, 7) is 2.19. The molecule has 2 nitrogen and oxygen atoms in total. The van der Waals surface area contributed by atoms with Crippen LogP contribution >= 0.6 is 11.3 Å². The molecule has 0 bridgehead atoms. The largest absolute Gasteiger partial charge is 0.484 e. The molecule has 0 aliphatic rings. The molecule has 0 amide bonds. The van der Waals surface area contributed by atoms with Crippen LogP contribution in [-0.2, 0) is 0 Å². The number of hydrogen-bond acceptors (Lipinski definition) is 3. The zero-order valence-corrected chi connectivity index (χ0v) is 13.8. The summed E-state index contributed by atoms with van der Waals surface area (Å²) in [5.41, 5.74) is 0. The van der Waals surface area contributed by atoms with Gasteiger partial charge in [-0.2, -0.15) is 0 Å². The van der Waals surface area contributed by atoms with Crippen molar-refractivity contribution in [3.8, 4) is 5.75 Å². The summed E-state index contributed by atoms with van der Waals surface area (Å²) < 4.78 is 6.42. The molecule has 3 rings (SSSR count). The van der Waals surface area contributed by atoms with E-state index in [-0.39, 0.29) is 6.10 Å². The third-order valence-corrected chi connectivity index (χ3v) is 4.90. The van der Waals surface area contributed by atoms with Crippen LogP contribution in [0.1, 0.15) is 24.3 Å². The lowest BCUT2D eigenvalue weighted by atomic mass is 10.1. The van der Waals surface area contributed by atoms with Crippen molar-refractivity contribution in [1.29, 1.82) is 0 Å². The molecule has 0 aliphatic heterocycles. The lowest BCUT2D eigenvalue weighted by Gasteiger charge is -2.22. The zero-order valence-electron chi connectivity index (χ0n) is 13.0. The second kappa shape index (κ2) is 6.95. The molecule has 0 aliphatic carbocycles. The number of benzene rings is 2. The van der Waals surface area contributed by atoms with Crippen molar-refractivity contribution in [1.82, 2.24) is 5.32 Å². The lowest BCUT2D eigenvalue weighted by molar-refractivity contribution is 0.188. The molecule has 114 valence electrons. The Labute approximate surface area is 135 Å². The normalized spacial score (nSPS) is 13.9. The van der Waals surface area contributed by atoms with Gasteiger partial charge in [-0.15, -0.1) is 11.3 Å². The Hall–Kier alpha value is -1.84. The van der Waals surface area contributed by atoms with Crippen LogP contribution in [-0.4, -0.2) is 13.1 Å². The van der Waals surface area contributed by atoms with Gasteiger partial charge < -0.3 is 10.1 Å². The Morgan fingerprint density at radius 1 is 1.05 bits per heavy atom. The molecule has 1 aromatic heterocycles. The molecule has 0 saturated heterocycles. The van der Waals surface area contributed by atoms with Gasteiger partial charge in [-0.25, -0.2) is 0 Å². The first kappa shape index (κ1) is 15.1. The van der Waals surface area contributed by atoms with Crippen molar-refractivity contribution in [3.63, 3.8) is 0 Å². The van der Waals surface area contributed by atoms with Gasteiger partial charge in [0.15, 0.2) is 0 Å². The van der Waals surface area contributed by atoms with Crippen LogP contribution in [0.2, 0.25) is 0 Å². The number of ether oxygens (including phenoxy) is 1. The van der Waals surface area contributed by atoms with Gasteiger partial charge in [-0.1, -0.05) is 42.5 Å². The fourth-order valence-electron chi connectivity index (χ4n) is 2.59. The minimum absolute atomic E-state index is 0.0771. The highest BCUT2D eigenvalue weighted by Crippen LogP contribution is 2.33. The Morgan fingerprint density at radius 2 is 1.86 bits per heavy atom. The van der Waals surface area contributed by atoms with Crippen molar-refractivity contribution in [2.45, 2.75) is 25.5 Å². The van der Waals surface area contributed by atoms with Crippen molar-refractivity contribution in [2.24, 2.45) is 0 Å². The molecule has 0 fully saturated rings. The summed E-state index contributed by atoms with van der Waals surface area (Å²) in [5.74, 6) is 0.958. The minimum Gasteiger partial charge on any atom is -0.484 e. The van der Waals surface area contributed by atoms with Crippen LogP contribution in [0.3, 0.4) is 0 Å². The standard InChI is InChI=1S/C19H21NOS/c1-14(20-2)13-18(19-11-6-12-22-19)21-17-10-5-8-15-7-3-4-9-16(15)17/h3-12,14,18,20H,13H2,1-2H3. The second-order valence-electron chi connectivity index (χ2n) is 5.52. The third-order valence-electron chi connectivity index (χ3n) is 3.94. The quantitative estimate of drug-likeness (QED) is 0.690. The molecule has 2 unspecified atom stereocenters. The molecule has 3 aromatic rings. The van der Waals surface area contributed by atoms with Crippen LogP contribution in [0.5, 0.6) is 5.75 Å². The van der Waals surface area contributed by atoms with Crippen molar-refractivity contribution < 1.29 is 4.74 Å². The van der Waals surface area contributed by atoms with E-state index in [9.17, 15) is 0 Å². The Morgan fingerprint density at radius 3 is 2.64 bits per heavy atom. The van der Waals surface area contributed by atoms with Gasteiger partial charge in [0, 0.05) is 22.7 Å². The predicted octanol–water partition coefficient (Wildman–Crippen LogP) is 5.02. The Bertz CT molecular complexity index is 718. The van der Waals surface area contributed by atoms with Gasteiger partial charge in [-0.3, -0.25) is 0 Å². The molecule has 1 heterocycles. The minimum atomic E-state index is 0.0771. The van der Waals surface area contributed by atoms with Crippen LogP contribution in [0.25, 0.3) is 10.8 Å². The highest BCUT2D eigenvalue weighted by Gasteiger charge is 2.18. The highest BCUT2D eigenvalue weighted by atomic mass is 32.1. The summed E-state index contributed by atoms with van der Waals surface area (Å²) in [4.78, 5) is 1.27. The molecule has 2 aromatic carbocycles. The zero-order chi connectivity index (χ0) is 15.4. The van der Waals surface area contributed by atoms with Gasteiger partial charge in [-0.05, 0) is 36.9 Å². The third kappa shape index (κ3) is 3.32. The van der Waals surface area contributed by atoms with Crippen molar-refractivity contribution >= 4 is 22.1 Å². The first-order valence-corrected chi connectivity index (χ1v) is 8.51. The molecule has 2 atom stereocenters. The fraction of sp³-hybridized carbons (Fsp3) is 0.263. The maximum absolute atomic E-state index is 6.42. The Kier molecular flexibility index (Phi) is 4.76. The average Bonchev–Trinajstić information content (AvgIpc) is 3.09. The number of rotatable bonds is 6. The molecular formula is C19H21NOS. The number of nitrogens with one attached hydrogen (secondary N) is 1. The Balaban J connectivity index is 1.92. The molecule has 22 heavy (non-hydrogen) atoms. The van der Waals surface area contributed by atoms with E-state index in [0.717, 1.165) is 12.2 Å². The van der Waals surface area contributed by atoms with Crippen molar-refractivity contribution in [2.75, 3.05) is 7.05 Å². The predicted molar refractivity (Wildman–Crippen MR) is 94.8 cm³/mol. The lowest BCUT2D eigenvalue weighted by Crippen LogP contribution is -2.25. The maximum Gasteiger partial charge on any atom is 0.134 e. The van der Waals surface area contributed by atoms with E-state index in [1.807, 2.05) is 7.05 Å². The number of hydrogen-bond donors (Lipinski definition) is 1. The molecule has 0 saturated carbocycles. The van der Waals surface area contributed by atoms with Gasteiger partial charge >= 0.3 is 0 Å². The van der Waals surface area contributed by atoms with Gasteiger partial charge in [0.1, 0.15) is 11.9 Å². The van der Waals surface area contributed by atoms with Gasteiger partial charge in [0.05, 0.1) is 0 Å². The molecule has 1 N–H and O–H groups in total. The molecule has 3 heteroatoms.